The van der Waals surface area contributed by atoms with Crippen molar-refractivity contribution < 1.29 is 19.1 Å². The molecule has 3 heterocycles. The Labute approximate surface area is 161 Å². The summed E-state index contributed by atoms with van der Waals surface area (Å²) in [5.41, 5.74) is 5.93. The van der Waals surface area contributed by atoms with Crippen molar-refractivity contribution in [3.63, 3.8) is 0 Å². The van der Waals surface area contributed by atoms with Crippen LogP contribution in [0, 0.1) is 0 Å². The van der Waals surface area contributed by atoms with Crippen LogP contribution < -0.4 is 11.1 Å². The Morgan fingerprint density at radius 1 is 1.21 bits per heavy atom. The molecule has 28 heavy (non-hydrogen) atoms. The van der Waals surface area contributed by atoms with Crippen LogP contribution in [-0.2, 0) is 16.1 Å². The first-order chi connectivity index (χ1) is 13.3. The van der Waals surface area contributed by atoms with Crippen molar-refractivity contribution in [3.8, 4) is 0 Å². The van der Waals surface area contributed by atoms with Crippen molar-refractivity contribution in [2.24, 2.45) is 5.73 Å². The lowest BCUT2D eigenvalue weighted by Crippen LogP contribution is -2.49. The Balaban J connectivity index is 1.58. The number of aromatic nitrogens is 3. The number of nitrogens with zero attached hydrogens (tertiary/aromatic N) is 4. The number of nitrogens with one attached hydrogen (secondary N) is 1. The SMILES string of the molecule is CC1CN(C(=O)Cn2cc(NC(=O)c3ccc(C(N)=O)cn3)cn2)CC(C)O1. The molecule has 3 amide bonds. The van der Waals surface area contributed by atoms with Gasteiger partial charge in [0.2, 0.25) is 11.8 Å². The van der Waals surface area contributed by atoms with Crippen LogP contribution in [0.2, 0.25) is 0 Å². The number of carbonyl (C=O) groups is 3. The van der Waals surface area contributed by atoms with Crippen LogP contribution in [0.5, 0.6) is 0 Å². The van der Waals surface area contributed by atoms with Crippen molar-refractivity contribution in [2.75, 3.05) is 18.4 Å². The van der Waals surface area contributed by atoms with Crippen LogP contribution in [0.1, 0.15) is 34.7 Å². The third-order valence-corrected chi connectivity index (χ3v) is 4.24. The van der Waals surface area contributed by atoms with Gasteiger partial charge in [-0.05, 0) is 26.0 Å². The normalized spacial score (nSPS) is 19.3. The molecule has 0 radical (unpaired) electrons. The van der Waals surface area contributed by atoms with Crippen molar-refractivity contribution in [1.29, 1.82) is 0 Å². The van der Waals surface area contributed by atoms with Gasteiger partial charge in [0.15, 0.2) is 0 Å². The zero-order chi connectivity index (χ0) is 20.3. The summed E-state index contributed by atoms with van der Waals surface area (Å²) in [5, 5.41) is 6.76. The third-order valence-electron chi connectivity index (χ3n) is 4.24. The maximum atomic E-state index is 12.5. The minimum absolute atomic E-state index is 0.00590. The zero-order valence-corrected chi connectivity index (χ0v) is 15.7. The number of primary amides is 1. The summed E-state index contributed by atoms with van der Waals surface area (Å²) < 4.78 is 7.10. The standard InChI is InChI=1S/C18H22N6O4/c1-11-7-23(8-12(2)28-11)16(25)10-24-9-14(6-21-24)22-18(27)15-4-3-13(5-20-15)17(19)26/h3-6,9,11-12H,7-8,10H2,1-2H3,(H2,19,26)(H,22,27). The second-order valence-corrected chi connectivity index (χ2v) is 6.73. The Morgan fingerprint density at radius 3 is 2.54 bits per heavy atom. The highest BCUT2D eigenvalue weighted by Gasteiger charge is 2.26. The minimum Gasteiger partial charge on any atom is -0.372 e. The average Bonchev–Trinajstić information content (AvgIpc) is 3.07. The molecule has 148 valence electrons. The summed E-state index contributed by atoms with van der Waals surface area (Å²) >= 11 is 0. The monoisotopic (exact) mass is 386 g/mol. The van der Waals surface area contributed by atoms with Crippen LogP contribution in [0.4, 0.5) is 5.69 Å². The molecule has 2 aromatic heterocycles. The molecule has 3 rings (SSSR count). The summed E-state index contributed by atoms with van der Waals surface area (Å²) in [6.45, 7) is 5.02. The summed E-state index contributed by atoms with van der Waals surface area (Å²) in [7, 11) is 0. The van der Waals surface area contributed by atoms with Gasteiger partial charge in [0.25, 0.3) is 5.91 Å². The van der Waals surface area contributed by atoms with E-state index in [1.807, 2.05) is 13.8 Å². The molecule has 10 heteroatoms. The van der Waals surface area contributed by atoms with E-state index in [1.54, 1.807) is 11.1 Å². The predicted molar refractivity (Wildman–Crippen MR) is 99.5 cm³/mol. The molecular formula is C18H22N6O4. The first-order valence-electron chi connectivity index (χ1n) is 8.84. The number of hydrogen-bond acceptors (Lipinski definition) is 6. The highest BCUT2D eigenvalue weighted by molar-refractivity contribution is 6.03. The number of ether oxygens (including phenoxy) is 1. The van der Waals surface area contributed by atoms with E-state index in [1.165, 1.54) is 29.2 Å². The number of nitrogens with two attached hydrogens (primary N) is 1. The van der Waals surface area contributed by atoms with Gasteiger partial charge in [-0.1, -0.05) is 0 Å². The molecule has 1 aliphatic rings. The lowest BCUT2D eigenvalue weighted by Gasteiger charge is -2.35. The predicted octanol–water partition coefficient (Wildman–Crippen LogP) is 0.265. The number of amides is 3. The molecule has 0 spiro atoms. The molecule has 1 fully saturated rings. The van der Waals surface area contributed by atoms with Gasteiger partial charge in [-0.15, -0.1) is 0 Å². The van der Waals surface area contributed by atoms with Crippen LogP contribution in [0.25, 0.3) is 0 Å². The molecule has 1 saturated heterocycles. The quantitative estimate of drug-likeness (QED) is 0.758. The van der Waals surface area contributed by atoms with E-state index in [0.717, 1.165) is 0 Å². The fourth-order valence-corrected chi connectivity index (χ4v) is 3.00. The second kappa shape index (κ2) is 8.17. The van der Waals surface area contributed by atoms with Crippen LogP contribution in [-0.4, -0.2) is 62.7 Å². The molecule has 0 saturated carbocycles. The average molecular weight is 386 g/mol. The van der Waals surface area contributed by atoms with Crippen molar-refractivity contribution >= 4 is 23.4 Å². The van der Waals surface area contributed by atoms with Gasteiger partial charge in [-0.2, -0.15) is 5.10 Å². The maximum absolute atomic E-state index is 12.5. The Hall–Kier alpha value is -3.27. The summed E-state index contributed by atoms with van der Waals surface area (Å²) in [5.74, 6) is -1.14. The Morgan fingerprint density at radius 2 is 1.93 bits per heavy atom. The summed E-state index contributed by atoms with van der Waals surface area (Å²) in [6.07, 6.45) is 4.25. The van der Waals surface area contributed by atoms with Gasteiger partial charge in [0.05, 0.1) is 29.7 Å². The second-order valence-electron chi connectivity index (χ2n) is 6.73. The van der Waals surface area contributed by atoms with Crippen LogP contribution in [0.3, 0.4) is 0 Å². The van der Waals surface area contributed by atoms with Gasteiger partial charge in [-0.3, -0.25) is 24.0 Å². The molecule has 3 N–H and O–H groups in total. The van der Waals surface area contributed by atoms with Gasteiger partial charge >= 0.3 is 0 Å². The van der Waals surface area contributed by atoms with E-state index >= 15 is 0 Å². The number of pyridine rings is 1. The Kier molecular flexibility index (Phi) is 5.69. The molecule has 0 bridgehead atoms. The fourth-order valence-electron chi connectivity index (χ4n) is 3.00. The van der Waals surface area contributed by atoms with Gasteiger partial charge in [-0.25, -0.2) is 0 Å². The highest BCUT2D eigenvalue weighted by Crippen LogP contribution is 2.12. The number of rotatable bonds is 5. The van der Waals surface area contributed by atoms with E-state index in [4.69, 9.17) is 10.5 Å². The van der Waals surface area contributed by atoms with Crippen molar-refractivity contribution in [1.82, 2.24) is 19.7 Å². The van der Waals surface area contributed by atoms with Crippen molar-refractivity contribution in [2.45, 2.75) is 32.6 Å². The fraction of sp³-hybridized carbons (Fsp3) is 0.389. The highest BCUT2D eigenvalue weighted by atomic mass is 16.5. The lowest BCUT2D eigenvalue weighted by molar-refractivity contribution is -0.144. The van der Waals surface area contributed by atoms with Crippen molar-refractivity contribution in [3.05, 3.63) is 42.0 Å². The molecule has 0 aliphatic carbocycles. The van der Waals surface area contributed by atoms with Gasteiger partial charge in [0, 0.05) is 25.5 Å². The van der Waals surface area contributed by atoms with E-state index in [-0.39, 0.29) is 35.9 Å². The lowest BCUT2D eigenvalue weighted by atomic mass is 10.2. The van der Waals surface area contributed by atoms with Crippen LogP contribution in [0.15, 0.2) is 30.7 Å². The zero-order valence-electron chi connectivity index (χ0n) is 15.7. The number of hydrogen-bond donors (Lipinski definition) is 2. The van der Waals surface area contributed by atoms with Crippen LogP contribution >= 0.6 is 0 Å². The summed E-state index contributed by atoms with van der Waals surface area (Å²) in [4.78, 5) is 41.4. The Bertz CT molecular complexity index is 868. The molecule has 2 atom stereocenters. The van der Waals surface area contributed by atoms with E-state index in [9.17, 15) is 14.4 Å². The largest absolute Gasteiger partial charge is 0.372 e. The minimum atomic E-state index is -0.616. The van der Waals surface area contributed by atoms with Gasteiger partial charge in [0.1, 0.15) is 12.2 Å². The van der Waals surface area contributed by atoms with Gasteiger partial charge < -0.3 is 20.7 Å². The molecule has 2 unspecified atom stereocenters. The molecular weight excluding hydrogens is 364 g/mol. The van der Waals surface area contributed by atoms with E-state index in [0.29, 0.717) is 18.8 Å². The molecule has 1 aliphatic heterocycles. The third kappa shape index (κ3) is 4.71. The van der Waals surface area contributed by atoms with E-state index in [2.05, 4.69) is 15.4 Å². The number of carbonyl (C=O) groups excluding carboxylic acids is 3. The molecule has 0 aromatic carbocycles. The number of morpholine rings is 1. The van der Waals surface area contributed by atoms with E-state index < -0.39 is 11.8 Å². The summed E-state index contributed by atoms with van der Waals surface area (Å²) in [6, 6.07) is 2.83. The smallest absolute Gasteiger partial charge is 0.274 e. The molecule has 2 aromatic rings. The maximum Gasteiger partial charge on any atom is 0.274 e. The first-order valence-corrected chi connectivity index (χ1v) is 8.84. The molecule has 10 nitrogen and oxygen atoms in total. The number of anilines is 1. The first kappa shape index (κ1) is 19.5. The topological polar surface area (TPSA) is 132 Å².